The molecule has 3 aromatic rings. The second kappa shape index (κ2) is 7.90. The third kappa shape index (κ3) is 3.98. The summed E-state index contributed by atoms with van der Waals surface area (Å²) in [5.74, 6) is 0.429. The number of alkyl halides is 3. The third-order valence-corrected chi connectivity index (χ3v) is 7.68. The van der Waals surface area contributed by atoms with Crippen molar-refractivity contribution in [2.24, 2.45) is 0 Å². The van der Waals surface area contributed by atoms with E-state index in [1.54, 1.807) is 30.5 Å². The van der Waals surface area contributed by atoms with Gasteiger partial charge >= 0.3 is 6.18 Å². The molecule has 0 saturated heterocycles. The molecule has 0 bridgehead atoms. The molecule has 0 radical (unpaired) electrons. The summed E-state index contributed by atoms with van der Waals surface area (Å²) in [7, 11) is -4.23. The molecule has 0 spiro atoms. The van der Waals surface area contributed by atoms with Gasteiger partial charge in [0.05, 0.1) is 34.0 Å². The summed E-state index contributed by atoms with van der Waals surface area (Å²) < 4.78 is 66.9. The molecule has 10 heteroatoms. The molecule has 1 aromatic heterocycles. The minimum Gasteiger partial charge on any atom is -0.263 e. The molecule has 2 heterocycles. The number of benzene rings is 2. The van der Waals surface area contributed by atoms with Crippen molar-refractivity contribution >= 4 is 27.5 Å². The van der Waals surface area contributed by atoms with E-state index in [2.05, 4.69) is 4.98 Å². The van der Waals surface area contributed by atoms with Crippen LogP contribution in [0.2, 0.25) is 0 Å². The lowest BCUT2D eigenvalue weighted by Gasteiger charge is -2.31. The second-order valence-electron chi connectivity index (χ2n) is 6.68. The maximum atomic E-state index is 13.2. The number of fused-ring (bicyclic) bond motifs is 1. The topological polar surface area (TPSA) is 74.1 Å². The van der Waals surface area contributed by atoms with E-state index in [0.29, 0.717) is 33.5 Å². The number of hydrogen-bond donors (Lipinski definition) is 0. The lowest BCUT2D eigenvalue weighted by atomic mass is 10.1. The van der Waals surface area contributed by atoms with Crippen LogP contribution < -0.4 is 4.31 Å². The van der Waals surface area contributed by atoms with E-state index in [0.717, 1.165) is 28.1 Å². The lowest BCUT2D eigenvalue weighted by Crippen LogP contribution is -2.35. The molecule has 4 rings (SSSR count). The van der Waals surface area contributed by atoms with E-state index in [1.807, 2.05) is 6.07 Å². The Bertz CT molecular complexity index is 1280. The minimum absolute atomic E-state index is 0.106. The molecule has 1 aliphatic heterocycles. The summed E-state index contributed by atoms with van der Waals surface area (Å²) in [6.45, 7) is 0.106. The van der Waals surface area contributed by atoms with E-state index in [1.165, 1.54) is 18.0 Å². The van der Waals surface area contributed by atoms with E-state index >= 15 is 0 Å². The Morgan fingerprint density at radius 1 is 1.10 bits per heavy atom. The zero-order valence-corrected chi connectivity index (χ0v) is 17.4. The molecular weight excluding hydrogens is 447 g/mol. The van der Waals surface area contributed by atoms with Gasteiger partial charge in [0.25, 0.3) is 10.0 Å². The fourth-order valence-electron chi connectivity index (χ4n) is 3.26. The van der Waals surface area contributed by atoms with Crippen LogP contribution in [0, 0.1) is 11.3 Å². The Labute approximate surface area is 181 Å². The fourth-order valence-corrected chi connectivity index (χ4v) is 6.06. The quantitative estimate of drug-likeness (QED) is 0.552. The number of pyridine rings is 1. The number of thioether (sulfide) groups is 1. The van der Waals surface area contributed by atoms with Crippen LogP contribution in [0.5, 0.6) is 0 Å². The van der Waals surface area contributed by atoms with Gasteiger partial charge in [-0.25, -0.2) is 8.42 Å². The van der Waals surface area contributed by atoms with Crippen LogP contribution in [0.3, 0.4) is 0 Å². The Hall–Kier alpha value is -3.03. The summed E-state index contributed by atoms with van der Waals surface area (Å²) in [5, 5.41) is 8.98. The molecule has 0 N–H and O–H groups in total. The first-order chi connectivity index (χ1) is 14.7. The smallest absolute Gasteiger partial charge is 0.263 e. The average molecular weight is 461 g/mol. The van der Waals surface area contributed by atoms with Crippen molar-refractivity contribution in [3.63, 3.8) is 0 Å². The molecule has 2 aromatic carbocycles. The maximum absolute atomic E-state index is 13.2. The summed E-state index contributed by atoms with van der Waals surface area (Å²) in [6.07, 6.45) is -1.64. The number of halogens is 3. The molecule has 31 heavy (non-hydrogen) atoms. The summed E-state index contributed by atoms with van der Waals surface area (Å²) in [6, 6.07) is 12.6. The van der Waals surface area contributed by atoms with Crippen LogP contribution in [0.1, 0.15) is 11.1 Å². The molecule has 0 saturated carbocycles. The number of aromatic nitrogens is 1. The third-order valence-electron chi connectivity index (χ3n) is 4.76. The predicted molar refractivity (Wildman–Crippen MR) is 111 cm³/mol. The Morgan fingerprint density at radius 3 is 2.52 bits per heavy atom. The van der Waals surface area contributed by atoms with Gasteiger partial charge in [0.2, 0.25) is 0 Å². The molecule has 0 unspecified atom stereocenters. The van der Waals surface area contributed by atoms with Gasteiger partial charge in [-0.15, -0.1) is 11.8 Å². The molecule has 0 aliphatic carbocycles. The SMILES string of the molecule is N#Cc1ccc(-c2cncc3c2SCCN3S(=O)(=O)c2cccc(C(F)(F)F)c2)cc1. The Morgan fingerprint density at radius 2 is 1.84 bits per heavy atom. The van der Waals surface area contributed by atoms with Gasteiger partial charge in [0.15, 0.2) is 0 Å². The van der Waals surface area contributed by atoms with Crippen molar-refractivity contribution in [2.45, 2.75) is 16.0 Å². The number of nitrogens with zero attached hydrogens (tertiary/aromatic N) is 3. The monoisotopic (exact) mass is 461 g/mol. The normalized spacial score (nSPS) is 14.1. The molecule has 5 nitrogen and oxygen atoms in total. The van der Waals surface area contributed by atoms with E-state index in [4.69, 9.17) is 5.26 Å². The van der Waals surface area contributed by atoms with Gasteiger partial charge in [0.1, 0.15) is 0 Å². The fraction of sp³-hybridized carbons (Fsp3) is 0.143. The summed E-state index contributed by atoms with van der Waals surface area (Å²) in [5.41, 5.74) is 1.23. The van der Waals surface area contributed by atoms with Crippen molar-refractivity contribution in [2.75, 3.05) is 16.6 Å². The van der Waals surface area contributed by atoms with Gasteiger partial charge in [0, 0.05) is 29.0 Å². The van der Waals surface area contributed by atoms with E-state index in [-0.39, 0.29) is 6.54 Å². The Kier molecular flexibility index (Phi) is 5.41. The Balaban J connectivity index is 1.79. The highest BCUT2D eigenvalue weighted by atomic mass is 32.2. The molecule has 158 valence electrons. The lowest BCUT2D eigenvalue weighted by molar-refractivity contribution is -0.137. The van der Waals surface area contributed by atoms with Crippen LogP contribution >= 0.6 is 11.8 Å². The highest BCUT2D eigenvalue weighted by molar-refractivity contribution is 8.00. The van der Waals surface area contributed by atoms with Crippen LogP contribution in [-0.2, 0) is 16.2 Å². The van der Waals surface area contributed by atoms with Crippen LogP contribution in [0.4, 0.5) is 18.9 Å². The zero-order valence-electron chi connectivity index (χ0n) is 15.8. The van der Waals surface area contributed by atoms with Gasteiger partial charge in [-0.05, 0) is 35.9 Å². The highest BCUT2D eigenvalue weighted by Crippen LogP contribution is 2.43. The van der Waals surface area contributed by atoms with Crippen LogP contribution in [0.15, 0.2) is 70.7 Å². The number of sulfonamides is 1. The first-order valence-electron chi connectivity index (χ1n) is 9.03. The van der Waals surface area contributed by atoms with Crippen molar-refractivity contribution in [3.8, 4) is 17.2 Å². The van der Waals surface area contributed by atoms with Crippen molar-refractivity contribution in [1.29, 1.82) is 5.26 Å². The summed E-state index contributed by atoms with van der Waals surface area (Å²) in [4.78, 5) is 4.41. The van der Waals surface area contributed by atoms with Gasteiger partial charge in [-0.2, -0.15) is 18.4 Å². The number of rotatable bonds is 3. The average Bonchev–Trinajstić information content (AvgIpc) is 2.78. The first-order valence-corrected chi connectivity index (χ1v) is 11.5. The molecule has 0 fully saturated rings. The number of anilines is 1. The standard InChI is InChI=1S/C21H14F3N3O2S2/c22-21(23,24)16-2-1-3-17(10-16)31(28,29)27-8-9-30-20-18(12-26-13-19(20)27)15-6-4-14(11-25)5-7-15/h1-7,10,12-13H,8-9H2. The molecule has 0 atom stereocenters. The number of hydrogen-bond acceptors (Lipinski definition) is 5. The molecule has 1 aliphatic rings. The van der Waals surface area contributed by atoms with Crippen molar-refractivity contribution in [1.82, 2.24) is 4.98 Å². The first kappa shape index (κ1) is 21.2. The van der Waals surface area contributed by atoms with Crippen molar-refractivity contribution < 1.29 is 21.6 Å². The van der Waals surface area contributed by atoms with E-state index < -0.39 is 26.7 Å². The highest BCUT2D eigenvalue weighted by Gasteiger charge is 2.35. The summed E-state index contributed by atoms with van der Waals surface area (Å²) >= 11 is 1.45. The van der Waals surface area contributed by atoms with Crippen LogP contribution in [0.25, 0.3) is 11.1 Å². The maximum Gasteiger partial charge on any atom is 0.416 e. The van der Waals surface area contributed by atoms with Gasteiger partial charge in [-0.1, -0.05) is 18.2 Å². The largest absolute Gasteiger partial charge is 0.416 e. The van der Waals surface area contributed by atoms with Crippen LogP contribution in [-0.4, -0.2) is 25.7 Å². The predicted octanol–water partition coefficient (Wildman–Crippen LogP) is 4.94. The zero-order chi connectivity index (χ0) is 22.2. The minimum atomic E-state index is -4.65. The van der Waals surface area contributed by atoms with Gasteiger partial charge < -0.3 is 0 Å². The molecule has 0 amide bonds. The van der Waals surface area contributed by atoms with Gasteiger partial charge in [-0.3, -0.25) is 9.29 Å². The van der Waals surface area contributed by atoms with Crippen molar-refractivity contribution in [3.05, 3.63) is 72.1 Å². The number of nitriles is 1. The second-order valence-corrected chi connectivity index (χ2v) is 9.64. The molecular formula is C21H14F3N3O2S2. The van der Waals surface area contributed by atoms with E-state index in [9.17, 15) is 21.6 Å².